The molecular formula is C6H4N2S. The molecule has 0 aliphatic carbocycles. The topological polar surface area (TPSA) is 36.7 Å². The molecule has 1 aromatic rings. The van der Waals surface area contributed by atoms with Crippen LogP contribution in [0.15, 0.2) is 17.0 Å². The molecule has 2 nitrogen and oxygen atoms in total. The minimum Gasteiger partial charge on any atom is -0.245 e. The van der Waals surface area contributed by atoms with Crippen LogP contribution in [0.1, 0.15) is 5.69 Å². The number of allylic oxidation sites excluding steroid dienone is 1. The van der Waals surface area contributed by atoms with Crippen LogP contribution in [0.25, 0.3) is 6.08 Å². The summed E-state index contributed by atoms with van der Waals surface area (Å²) in [4.78, 5) is 3.93. The van der Waals surface area contributed by atoms with E-state index in [1.54, 1.807) is 11.6 Å². The zero-order valence-electron chi connectivity index (χ0n) is 4.61. The van der Waals surface area contributed by atoms with Crippen LogP contribution in [0.2, 0.25) is 0 Å². The van der Waals surface area contributed by atoms with Crippen molar-refractivity contribution in [2.75, 3.05) is 0 Å². The minimum absolute atomic E-state index is 0.849. The molecule has 0 aliphatic rings. The number of nitrogens with zero attached hydrogens (tertiary/aromatic N) is 2. The van der Waals surface area contributed by atoms with Crippen molar-refractivity contribution < 1.29 is 0 Å². The molecule has 0 fully saturated rings. The van der Waals surface area contributed by atoms with Gasteiger partial charge in [0.05, 0.1) is 17.3 Å². The largest absolute Gasteiger partial charge is 0.245 e. The Labute approximate surface area is 57.1 Å². The van der Waals surface area contributed by atoms with Gasteiger partial charge in [-0.3, -0.25) is 0 Å². The number of hydrogen-bond donors (Lipinski definition) is 0. The molecule has 0 N–H and O–H groups in total. The molecule has 0 saturated heterocycles. The molecule has 3 heteroatoms. The van der Waals surface area contributed by atoms with Crippen LogP contribution in [0.3, 0.4) is 0 Å². The monoisotopic (exact) mass is 136 g/mol. The van der Waals surface area contributed by atoms with Gasteiger partial charge in [-0.1, -0.05) is 0 Å². The second kappa shape index (κ2) is 3.00. The van der Waals surface area contributed by atoms with Gasteiger partial charge < -0.3 is 0 Å². The maximum Gasteiger partial charge on any atom is 0.0912 e. The van der Waals surface area contributed by atoms with Crippen molar-refractivity contribution in [3.05, 3.63) is 22.7 Å². The van der Waals surface area contributed by atoms with Crippen LogP contribution in [0.4, 0.5) is 0 Å². The van der Waals surface area contributed by atoms with Gasteiger partial charge in [-0.25, -0.2) is 4.98 Å². The fraction of sp³-hybridized carbons (Fsp3) is 0. The zero-order chi connectivity index (χ0) is 6.53. The summed E-state index contributed by atoms with van der Waals surface area (Å²) >= 11 is 1.52. The van der Waals surface area contributed by atoms with E-state index in [0.29, 0.717) is 0 Å². The van der Waals surface area contributed by atoms with E-state index in [9.17, 15) is 0 Å². The number of hydrogen-bond acceptors (Lipinski definition) is 3. The number of thiazole rings is 1. The summed E-state index contributed by atoms with van der Waals surface area (Å²) in [6.45, 7) is 0. The molecule has 1 rings (SSSR count). The Morgan fingerprint density at radius 1 is 1.78 bits per heavy atom. The summed E-state index contributed by atoms with van der Waals surface area (Å²) in [5, 5.41) is 9.99. The third kappa shape index (κ3) is 1.67. The Morgan fingerprint density at radius 3 is 3.22 bits per heavy atom. The summed E-state index contributed by atoms with van der Waals surface area (Å²) in [5.74, 6) is 0. The fourth-order valence-corrected chi connectivity index (χ4v) is 0.949. The molecule has 0 atom stereocenters. The first-order valence-corrected chi connectivity index (χ1v) is 3.32. The number of nitriles is 1. The Balaban J connectivity index is 2.71. The molecule has 0 aromatic carbocycles. The Kier molecular flexibility index (Phi) is 2.00. The lowest BCUT2D eigenvalue weighted by Gasteiger charge is -1.72. The van der Waals surface area contributed by atoms with Gasteiger partial charge in [0.1, 0.15) is 0 Å². The van der Waals surface area contributed by atoms with Crippen LogP contribution in [0.5, 0.6) is 0 Å². The average molecular weight is 136 g/mol. The summed E-state index contributed by atoms with van der Waals surface area (Å²) in [6, 6.07) is 1.89. The highest BCUT2D eigenvalue weighted by Crippen LogP contribution is 2.01. The molecule has 44 valence electrons. The van der Waals surface area contributed by atoms with Crippen LogP contribution in [0, 0.1) is 11.3 Å². The Morgan fingerprint density at radius 2 is 2.67 bits per heavy atom. The molecule has 0 radical (unpaired) electrons. The summed E-state index contributed by atoms with van der Waals surface area (Å²) in [5.41, 5.74) is 2.58. The molecule has 1 aromatic heterocycles. The minimum atomic E-state index is 0.849. The van der Waals surface area contributed by atoms with E-state index in [-0.39, 0.29) is 0 Å². The van der Waals surface area contributed by atoms with Crippen molar-refractivity contribution >= 4 is 17.4 Å². The molecule has 0 amide bonds. The van der Waals surface area contributed by atoms with E-state index in [4.69, 9.17) is 5.26 Å². The quantitative estimate of drug-likeness (QED) is 0.551. The fourth-order valence-electron chi connectivity index (χ4n) is 0.427. The molecule has 0 unspecified atom stereocenters. The van der Waals surface area contributed by atoms with Crippen LogP contribution < -0.4 is 0 Å². The summed E-state index contributed by atoms with van der Waals surface area (Å²) < 4.78 is 0. The van der Waals surface area contributed by atoms with Crippen molar-refractivity contribution in [2.24, 2.45) is 0 Å². The van der Waals surface area contributed by atoms with Crippen molar-refractivity contribution in [3.63, 3.8) is 0 Å². The molecular weight excluding hydrogens is 132 g/mol. The lowest BCUT2D eigenvalue weighted by atomic mass is 10.4. The third-order valence-corrected chi connectivity index (χ3v) is 1.38. The molecule has 0 spiro atoms. The summed E-state index contributed by atoms with van der Waals surface area (Å²) in [7, 11) is 0. The maximum absolute atomic E-state index is 8.10. The molecule has 0 bridgehead atoms. The van der Waals surface area contributed by atoms with Gasteiger partial charge in [-0.15, -0.1) is 11.3 Å². The predicted octanol–water partition coefficient (Wildman–Crippen LogP) is 1.68. The van der Waals surface area contributed by atoms with Gasteiger partial charge in [-0.05, 0) is 6.08 Å². The second-order valence-corrected chi connectivity index (χ2v) is 2.09. The van der Waals surface area contributed by atoms with Crippen molar-refractivity contribution in [1.29, 1.82) is 5.26 Å². The highest BCUT2D eigenvalue weighted by molar-refractivity contribution is 7.07. The lowest BCUT2D eigenvalue weighted by molar-refractivity contribution is 1.38. The van der Waals surface area contributed by atoms with Crippen molar-refractivity contribution in [3.8, 4) is 6.07 Å². The van der Waals surface area contributed by atoms with E-state index >= 15 is 0 Å². The van der Waals surface area contributed by atoms with Crippen molar-refractivity contribution in [2.45, 2.75) is 0 Å². The zero-order valence-corrected chi connectivity index (χ0v) is 5.43. The van der Waals surface area contributed by atoms with Crippen LogP contribution in [-0.2, 0) is 0 Å². The van der Waals surface area contributed by atoms with Gasteiger partial charge >= 0.3 is 0 Å². The van der Waals surface area contributed by atoms with Gasteiger partial charge in [0.2, 0.25) is 0 Å². The number of aromatic nitrogens is 1. The Hall–Kier alpha value is -1.14. The van der Waals surface area contributed by atoms with Gasteiger partial charge in [0.15, 0.2) is 0 Å². The molecule has 9 heavy (non-hydrogen) atoms. The smallest absolute Gasteiger partial charge is 0.0912 e. The molecule has 0 aliphatic heterocycles. The van der Waals surface area contributed by atoms with Crippen LogP contribution >= 0.6 is 11.3 Å². The van der Waals surface area contributed by atoms with Crippen LogP contribution in [-0.4, -0.2) is 4.98 Å². The van der Waals surface area contributed by atoms with Gasteiger partial charge in [0.25, 0.3) is 0 Å². The second-order valence-electron chi connectivity index (χ2n) is 1.38. The Bertz CT molecular complexity index is 230. The maximum atomic E-state index is 8.10. The normalized spacial score (nSPS) is 9.67. The summed E-state index contributed by atoms with van der Waals surface area (Å²) in [6.07, 6.45) is 3.09. The lowest BCUT2D eigenvalue weighted by Crippen LogP contribution is -1.64. The third-order valence-electron chi connectivity index (χ3n) is 0.780. The first-order valence-electron chi connectivity index (χ1n) is 2.38. The van der Waals surface area contributed by atoms with E-state index < -0.39 is 0 Å². The van der Waals surface area contributed by atoms with E-state index in [1.807, 2.05) is 11.4 Å². The van der Waals surface area contributed by atoms with Gasteiger partial charge in [-0.2, -0.15) is 5.26 Å². The van der Waals surface area contributed by atoms with E-state index in [1.165, 1.54) is 17.4 Å². The SMILES string of the molecule is N#C/C=C\c1cscn1. The predicted molar refractivity (Wildman–Crippen MR) is 36.8 cm³/mol. The van der Waals surface area contributed by atoms with Gasteiger partial charge in [0, 0.05) is 11.5 Å². The first kappa shape index (κ1) is 5.99. The number of rotatable bonds is 1. The standard InChI is InChI=1S/C6H4N2S/c7-3-1-2-6-4-9-5-8-6/h1-2,4-5H/b2-1-. The highest BCUT2D eigenvalue weighted by Gasteiger charge is 1.83. The van der Waals surface area contributed by atoms with E-state index in [2.05, 4.69) is 4.98 Å². The molecule has 0 saturated carbocycles. The highest BCUT2D eigenvalue weighted by atomic mass is 32.1. The average Bonchev–Trinajstić information content (AvgIpc) is 2.34. The van der Waals surface area contributed by atoms with E-state index in [0.717, 1.165) is 5.69 Å². The first-order chi connectivity index (χ1) is 4.43. The van der Waals surface area contributed by atoms with Crippen molar-refractivity contribution in [1.82, 2.24) is 4.98 Å². The molecule has 1 heterocycles.